The van der Waals surface area contributed by atoms with Gasteiger partial charge in [0.15, 0.2) is 0 Å². The third kappa shape index (κ3) is 4.12. The van der Waals surface area contributed by atoms with Crippen molar-refractivity contribution < 1.29 is 32.5 Å². The Morgan fingerprint density at radius 1 is 1.24 bits per heavy atom. The molecular weight excluding hydrogens is 524 g/mol. The molecule has 1 aliphatic carbocycles. The zero-order valence-corrected chi connectivity index (χ0v) is 22.0. The number of carboxylic acids is 1. The second kappa shape index (κ2) is 8.45. The number of fused-ring (bicyclic) bond motifs is 3. The fourth-order valence-corrected chi connectivity index (χ4v) is 6.47. The molecule has 10 nitrogen and oxygen atoms in total. The number of carboxylic acid groups (broad SMARTS) is 1. The van der Waals surface area contributed by atoms with Gasteiger partial charge in [-0.05, 0) is 25.0 Å². The van der Waals surface area contributed by atoms with Crippen LogP contribution in [0.25, 0.3) is 11.3 Å². The van der Waals surface area contributed by atoms with Crippen LogP contribution in [0.3, 0.4) is 0 Å². The molecule has 1 saturated carbocycles. The smallest absolute Gasteiger partial charge is 0.341 e. The molecule has 0 amide bonds. The van der Waals surface area contributed by atoms with Crippen LogP contribution in [0.2, 0.25) is 5.02 Å². The van der Waals surface area contributed by atoms with Crippen molar-refractivity contribution in [1.82, 2.24) is 8.87 Å². The molecule has 1 atom stereocenters. The summed E-state index contributed by atoms with van der Waals surface area (Å²) in [5.74, 6) is -0.322. The highest BCUT2D eigenvalue weighted by Crippen LogP contribution is 2.54. The molecule has 4 aliphatic rings. The van der Waals surface area contributed by atoms with Crippen molar-refractivity contribution in [3.8, 4) is 22.8 Å². The van der Waals surface area contributed by atoms with E-state index in [9.17, 15) is 23.1 Å². The number of halogens is 1. The van der Waals surface area contributed by atoms with Crippen molar-refractivity contribution in [2.45, 2.75) is 31.9 Å². The van der Waals surface area contributed by atoms with E-state index in [1.54, 1.807) is 16.7 Å². The van der Waals surface area contributed by atoms with Crippen LogP contribution in [0, 0.1) is 11.3 Å². The van der Waals surface area contributed by atoms with Gasteiger partial charge in [0, 0.05) is 42.2 Å². The number of aromatic nitrogens is 1. The summed E-state index contributed by atoms with van der Waals surface area (Å²) in [6, 6.07) is 4.77. The lowest BCUT2D eigenvalue weighted by Gasteiger charge is -2.46. The van der Waals surface area contributed by atoms with Gasteiger partial charge >= 0.3 is 5.97 Å². The van der Waals surface area contributed by atoms with Crippen molar-refractivity contribution in [1.29, 1.82) is 0 Å². The largest absolute Gasteiger partial charge is 0.491 e. The zero-order valence-electron chi connectivity index (χ0n) is 20.4. The maximum absolute atomic E-state index is 13.3. The van der Waals surface area contributed by atoms with Gasteiger partial charge in [-0.3, -0.25) is 4.79 Å². The number of carbonyl (C=O) groups is 1. The Bertz CT molecular complexity index is 1470. The van der Waals surface area contributed by atoms with Crippen molar-refractivity contribution >= 4 is 27.6 Å². The highest BCUT2D eigenvalue weighted by atomic mass is 35.5. The molecule has 6 rings (SSSR count). The van der Waals surface area contributed by atoms with Crippen molar-refractivity contribution in [2.75, 3.05) is 39.2 Å². The number of pyridine rings is 1. The first-order valence-corrected chi connectivity index (χ1v) is 14.4. The van der Waals surface area contributed by atoms with E-state index in [0.717, 1.165) is 12.8 Å². The second-order valence-corrected chi connectivity index (χ2v) is 13.1. The van der Waals surface area contributed by atoms with Crippen molar-refractivity contribution in [2.24, 2.45) is 11.3 Å². The number of aromatic carboxylic acids is 1. The summed E-state index contributed by atoms with van der Waals surface area (Å²) in [7, 11) is -3.21. The highest BCUT2D eigenvalue weighted by molar-refractivity contribution is 7.88. The predicted octanol–water partition coefficient (Wildman–Crippen LogP) is 2.94. The molecule has 1 N–H and O–H groups in total. The van der Waals surface area contributed by atoms with Gasteiger partial charge in [0.2, 0.25) is 10.0 Å². The summed E-state index contributed by atoms with van der Waals surface area (Å²) in [5.41, 5.74) is 0.666. The van der Waals surface area contributed by atoms with Crippen LogP contribution in [-0.4, -0.2) is 67.5 Å². The normalized spacial score (nSPS) is 22.7. The summed E-state index contributed by atoms with van der Waals surface area (Å²) in [5, 5.41) is 10.1. The molecule has 2 saturated heterocycles. The van der Waals surface area contributed by atoms with Gasteiger partial charge < -0.3 is 23.9 Å². The quantitative estimate of drug-likeness (QED) is 0.558. The molecule has 1 aromatic heterocycles. The van der Waals surface area contributed by atoms with Crippen LogP contribution in [-0.2, 0) is 14.8 Å². The number of nitrogens with zero attached hydrogens (tertiary/aromatic N) is 2. The van der Waals surface area contributed by atoms with E-state index in [1.807, 2.05) is 6.92 Å². The first-order chi connectivity index (χ1) is 17.5. The standard InChI is InChI=1S/C25H27ClN2O8S/c1-25(11-34-12-25)22-16-5-17(24(30)31)23(29)28(14-3-4-14)21(16)15-6-18(26)20(7-19(15)36-22)35-10-13-8-27(9-13)37(2,32)33/h5-7,13-14,22H,3-4,8-12H2,1-2H3,(H,30,31). The van der Waals surface area contributed by atoms with E-state index < -0.39 is 33.1 Å². The predicted molar refractivity (Wildman–Crippen MR) is 134 cm³/mol. The maximum Gasteiger partial charge on any atom is 0.341 e. The molecule has 3 fully saturated rings. The van der Waals surface area contributed by atoms with Gasteiger partial charge in [0.25, 0.3) is 5.56 Å². The molecule has 3 aliphatic heterocycles. The van der Waals surface area contributed by atoms with Crippen molar-refractivity contribution in [3.05, 3.63) is 44.7 Å². The third-order valence-electron chi connectivity index (χ3n) is 7.59. The Balaban J connectivity index is 1.40. The second-order valence-electron chi connectivity index (χ2n) is 10.8. The van der Waals surface area contributed by atoms with Gasteiger partial charge in [-0.2, -0.15) is 0 Å². The summed E-state index contributed by atoms with van der Waals surface area (Å²) < 4.78 is 44.2. The van der Waals surface area contributed by atoms with Crippen LogP contribution < -0.4 is 15.0 Å². The molecule has 4 heterocycles. The first kappa shape index (κ1) is 24.7. The first-order valence-electron chi connectivity index (χ1n) is 12.2. The van der Waals surface area contributed by atoms with E-state index in [-0.39, 0.29) is 17.5 Å². The van der Waals surface area contributed by atoms with Gasteiger partial charge in [0.1, 0.15) is 23.2 Å². The Hall–Kier alpha value is -2.60. The lowest BCUT2D eigenvalue weighted by atomic mass is 9.76. The number of hydrogen-bond acceptors (Lipinski definition) is 7. The lowest BCUT2D eigenvalue weighted by molar-refractivity contribution is -0.156. The number of sulfonamides is 1. The minimum Gasteiger partial charge on any atom is -0.491 e. The van der Waals surface area contributed by atoms with Crippen LogP contribution >= 0.6 is 11.6 Å². The Morgan fingerprint density at radius 2 is 1.95 bits per heavy atom. The fourth-order valence-electron chi connectivity index (χ4n) is 5.29. The van der Waals surface area contributed by atoms with Gasteiger partial charge in [0.05, 0.1) is 42.2 Å². The van der Waals surface area contributed by atoms with Crippen LogP contribution in [0.4, 0.5) is 0 Å². The molecule has 1 aromatic carbocycles. The van der Waals surface area contributed by atoms with Gasteiger partial charge in [-0.15, -0.1) is 0 Å². The molecule has 0 spiro atoms. The van der Waals surface area contributed by atoms with Crippen LogP contribution in [0.5, 0.6) is 11.5 Å². The summed E-state index contributed by atoms with van der Waals surface area (Å²) in [6.45, 7) is 3.97. The van der Waals surface area contributed by atoms with Gasteiger partial charge in [-0.1, -0.05) is 18.5 Å². The van der Waals surface area contributed by atoms with E-state index in [1.165, 1.54) is 16.6 Å². The molecule has 2 aromatic rings. The SMILES string of the molecule is CC1(C2Oc3cc(OCC4CN(S(C)(=O)=O)C4)c(Cl)cc3-c3c2cc(C(=O)O)c(=O)n3C2CC2)COC1. The molecular formula is C25H27ClN2O8S. The van der Waals surface area contributed by atoms with E-state index in [0.29, 0.717) is 66.3 Å². The molecule has 198 valence electrons. The third-order valence-corrected chi connectivity index (χ3v) is 9.12. The topological polar surface area (TPSA) is 124 Å². The zero-order chi connectivity index (χ0) is 26.3. The monoisotopic (exact) mass is 550 g/mol. The lowest BCUT2D eigenvalue weighted by Crippen LogP contribution is -2.51. The number of ether oxygens (including phenoxy) is 3. The summed E-state index contributed by atoms with van der Waals surface area (Å²) >= 11 is 6.62. The number of benzene rings is 1. The number of hydrogen-bond donors (Lipinski definition) is 1. The molecule has 0 bridgehead atoms. The Kier molecular flexibility index (Phi) is 5.65. The van der Waals surface area contributed by atoms with Gasteiger partial charge in [-0.25, -0.2) is 17.5 Å². The van der Waals surface area contributed by atoms with Crippen LogP contribution in [0.15, 0.2) is 23.0 Å². The Labute approximate surface area is 218 Å². The minimum atomic E-state index is -3.21. The fraction of sp³-hybridized carbons (Fsp3) is 0.520. The maximum atomic E-state index is 13.3. The summed E-state index contributed by atoms with van der Waals surface area (Å²) in [4.78, 5) is 25.3. The van der Waals surface area contributed by atoms with Crippen molar-refractivity contribution in [3.63, 3.8) is 0 Å². The average molecular weight is 551 g/mol. The Morgan fingerprint density at radius 3 is 2.51 bits per heavy atom. The number of rotatable bonds is 7. The van der Waals surface area contributed by atoms with Crippen LogP contribution in [0.1, 0.15) is 47.8 Å². The molecule has 0 radical (unpaired) electrons. The van der Waals surface area contributed by atoms with E-state index >= 15 is 0 Å². The summed E-state index contributed by atoms with van der Waals surface area (Å²) in [6.07, 6.45) is 2.23. The van der Waals surface area contributed by atoms with E-state index in [2.05, 4.69) is 0 Å². The average Bonchev–Trinajstić information content (AvgIpc) is 3.60. The minimum absolute atomic E-state index is 0.0525. The van der Waals surface area contributed by atoms with E-state index in [4.69, 9.17) is 25.8 Å². The highest BCUT2D eigenvalue weighted by Gasteiger charge is 2.49. The molecule has 12 heteroatoms. The molecule has 37 heavy (non-hydrogen) atoms. The molecule has 1 unspecified atom stereocenters.